The summed E-state index contributed by atoms with van der Waals surface area (Å²) in [6.07, 6.45) is 1.86. The third-order valence-corrected chi connectivity index (χ3v) is 6.42. The largest absolute Gasteiger partial charge is 0.462 e. The van der Waals surface area contributed by atoms with Crippen molar-refractivity contribution in [1.82, 2.24) is 4.90 Å². The zero-order valence-corrected chi connectivity index (χ0v) is 20.1. The van der Waals surface area contributed by atoms with Crippen molar-refractivity contribution in [2.45, 2.75) is 20.8 Å². The summed E-state index contributed by atoms with van der Waals surface area (Å²) >= 11 is 6.70. The lowest BCUT2D eigenvalue weighted by Gasteiger charge is -2.20. The second kappa shape index (κ2) is 11.2. The van der Waals surface area contributed by atoms with Gasteiger partial charge in [0.2, 0.25) is 0 Å². The first-order chi connectivity index (χ1) is 15.5. The molecule has 0 aromatic heterocycles. The normalized spacial score (nSPS) is 14.7. The van der Waals surface area contributed by atoms with Crippen molar-refractivity contribution in [3.05, 3.63) is 64.6 Å². The van der Waals surface area contributed by atoms with Gasteiger partial charge in [0, 0.05) is 18.8 Å². The summed E-state index contributed by atoms with van der Waals surface area (Å²) < 4.78 is 5.58. The topological polar surface area (TPSA) is 61.9 Å². The number of anilines is 2. The molecular weight excluding hydrogens is 442 g/mol. The van der Waals surface area contributed by atoms with Gasteiger partial charge < -0.3 is 15.0 Å². The van der Waals surface area contributed by atoms with Gasteiger partial charge in [-0.1, -0.05) is 48.2 Å². The van der Waals surface area contributed by atoms with E-state index in [0.717, 1.165) is 24.3 Å². The predicted octanol–water partition coefficient (Wildman–Crippen LogP) is 4.98. The summed E-state index contributed by atoms with van der Waals surface area (Å²) in [7, 11) is 0. The van der Waals surface area contributed by atoms with Gasteiger partial charge >= 0.3 is 5.97 Å². The molecule has 1 amide bonds. The van der Waals surface area contributed by atoms with Crippen molar-refractivity contribution in [2.24, 2.45) is 0 Å². The van der Waals surface area contributed by atoms with Crippen molar-refractivity contribution in [3.8, 4) is 0 Å². The number of thiocarbonyl (C=S) groups is 1. The molecule has 3 rings (SSSR count). The minimum absolute atomic E-state index is 0.158. The van der Waals surface area contributed by atoms with Gasteiger partial charge in [-0.15, -0.1) is 0 Å². The zero-order chi connectivity index (χ0) is 23.1. The molecule has 0 aliphatic carbocycles. The molecule has 0 unspecified atom stereocenters. The Balaban J connectivity index is 1.70. The smallest absolute Gasteiger partial charge is 0.340 e. The summed E-state index contributed by atoms with van der Waals surface area (Å²) in [6.45, 7) is 8.37. The molecule has 1 aliphatic rings. The summed E-state index contributed by atoms with van der Waals surface area (Å²) in [6, 6.07) is 15.2. The van der Waals surface area contributed by atoms with Gasteiger partial charge in [-0.05, 0) is 56.7 Å². The highest BCUT2D eigenvalue weighted by atomic mass is 32.2. The van der Waals surface area contributed by atoms with Crippen LogP contribution in [0.4, 0.5) is 11.4 Å². The number of benzene rings is 2. The number of esters is 1. The molecule has 0 atom stereocenters. The Bertz CT molecular complexity index is 1020. The molecule has 32 heavy (non-hydrogen) atoms. The van der Waals surface area contributed by atoms with Crippen LogP contribution in [0.2, 0.25) is 0 Å². The van der Waals surface area contributed by atoms with E-state index in [0.29, 0.717) is 27.1 Å². The Morgan fingerprint density at radius 3 is 2.47 bits per heavy atom. The van der Waals surface area contributed by atoms with Crippen LogP contribution < -0.4 is 10.2 Å². The van der Waals surface area contributed by atoms with Crippen LogP contribution in [0.1, 0.15) is 36.7 Å². The van der Waals surface area contributed by atoms with Crippen molar-refractivity contribution in [1.29, 1.82) is 0 Å². The van der Waals surface area contributed by atoms with Crippen LogP contribution in [0.15, 0.2) is 53.4 Å². The second-order valence-electron chi connectivity index (χ2n) is 6.97. The molecule has 6 nitrogen and oxygen atoms in total. The van der Waals surface area contributed by atoms with Gasteiger partial charge in [0.05, 0.1) is 29.4 Å². The number of carbonyl (C=O) groups excluding carboxylic acids is 2. The van der Waals surface area contributed by atoms with E-state index in [4.69, 9.17) is 17.0 Å². The summed E-state index contributed by atoms with van der Waals surface area (Å²) in [5.41, 5.74) is 3.12. The zero-order valence-electron chi connectivity index (χ0n) is 18.5. The van der Waals surface area contributed by atoms with Crippen LogP contribution in [0.25, 0.3) is 6.08 Å². The fraction of sp³-hybridized carbons (Fsp3) is 0.292. The first-order valence-corrected chi connectivity index (χ1v) is 11.8. The minimum Gasteiger partial charge on any atom is -0.462 e. The first-order valence-electron chi connectivity index (χ1n) is 10.6. The molecule has 2 aromatic carbocycles. The fourth-order valence-corrected chi connectivity index (χ4v) is 4.60. The SMILES string of the molecule is CCOC(=O)c1ccccc1NCN1C(=O)/C(=C/c2ccc(N(CC)CC)cc2)SC1=S. The van der Waals surface area contributed by atoms with Crippen molar-refractivity contribution in [3.63, 3.8) is 0 Å². The lowest BCUT2D eigenvalue weighted by Crippen LogP contribution is -2.33. The quantitative estimate of drug-likeness (QED) is 0.316. The Morgan fingerprint density at radius 1 is 1.12 bits per heavy atom. The Morgan fingerprint density at radius 2 is 1.81 bits per heavy atom. The highest BCUT2D eigenvalue weighted by Gasteiger charge is 2.32. The molecule has 8 heteroatoms. The monoisotopic (exact) mass is 469 g/mol. The number of hydrogen-bond acceptors (Lipinski definition) is 7. The van der Waals surface area contributed by atoms with Crippen LogP contribution in [0, 0.1) is 0 Å². The van der Waals surface area contributed by atoms with E-state index in [1.54, 1.807) is 25.1 Å². The average molecular weight is 470 g/mol. The Labute approximate surface area is 198 Å². The highest BCUT2D eigenvalue weighted by Crippen LogP contribution is 2.33. The maximum Gasteiger partial charge on any atom is 0.340 e. The van der Waals surface area contributed by atoms with Gasteiger partial charge in [-0.2, -0.15) is 0 Å². The van der Waals surface area contributed by atoms with Gasteiger partial charge in [-0.25, -0.2) is 4.79 Å². The lowest BCUT2D eigenvalue weighted by atomic mass is 10.1. The highest BCUT2D eigenvalue weighted by molar-refractivity contribution is 8.26. The standard InChI is InChI=1S/C24H27N3O3S2/c1-4-26(5-2)18-13-11-17(12-14-18)15-21-22(28)27(24(31)32-21)16-25-20-10-8-7-9-19(20)23(29)30-6-3/h7-15,25H,4-6,16H2,1-3H3/b21-15-. The van der Waals surface area contributed by atoms with Gasteiger partial charge in [0.1, 0.15) is 4.32 Å². The van der Waals surface area contributed by atoms with Crippen molar-refractivity contribution >= 4 is 57.6 Å². The van der Waals surface area contributed by atoms with Crippen molar-refractivity contribution in [2.75, 3.05) is 36.6 Å². The van der Waals surface area contributed by atoms with E-state index in [2.05, 4.69) is 36.2 Å². The van der Waals surface area contributed by atoms with E-state index in [-0.39, 0.29) is 12.6 Å². The molecule has 1 aliphatic heterocycles. The van der Waals surface area contributed by atoms with Crippen molar-refractivity contribution < 1.29 is 14.3 Å². The molecule has 2 aromatic rings. The minimum atomic E-state index is -0.408. The van der Waals surface area contributed by atoms with Gasteiger partial charge in [0.25, 0.3) is 5.91 Å². The molecule has 0 radical (unpaired) electrons. The number of nitrogens with one attached hydrogen (secondary N) is 1. The van der Waals surface area contributed by atoms with E-state index in [1.165, 1.54) is 16.7 Å². The summed E-state index contributed by atoms with van der Waals surface area (Å²) in [5, 5.41) is 3.14. The summed E-state index contributed by atoms with van der Waals surface area (Å²) in [4.78, 5) is 29.4. The lowest BCUT2D eigenvalue weighted by molar-refractivity contribution is -0.121. The fourth-order valence-electron chi connectivity index (χ4n) is 3.35. The number of nitrogens with zero attached hydrogens (tertiary/aromatic N) is 2. The first kappa shape index (κ1) is 23.8. The molecule has 1 fully saturated rings. The average Bonchev–Trinajstić information content (AvgIpc) is 3.06. The number of amides is 1. The number of rotatable bonds is 9. The predicted molar refractivity (Wildman–Crippen MR) is 136 cm³/mol. The van der Waals surface area contributed by atoms with E-state index < -0.39 is 5.97 Å². The van der Waals surface area contributed by atoms with Crippen LogP contribution in [-0.4, -0.2) is 47.5 Å². The molecule has 1 heterocycles. The third-order valence-electron chi connectivity index (χ3n) is 5.04. The number of ether oxygens (including phenoxy) is 1. The molecule has 0 saturated carbocycles. The van der Waals surface area contributed by atoms with Gasteiger partial charge in [0.15, 0.2) is 0 Å². The third kappa shape index (κ3) is 5.49. The second-order valence-corrected chi connectivity index (χ2v) is 8.65. The van der Waals surface area contributed by atoms with Crippen LogP contribution in [-0.2, 0) is 9.53 Å². The number of hydrogen-bond donors (Lipinski definition) is 1. The van der Waals surface area contributed by atoms with Crippen LogP contribution in [0.3, 0.4) is 0 Å². The van der Waals surface area contributed by atoms with Crippen LogP contribution in [0.5, 0.6) is 0 Å². The van der Waals surface area contributed by atoms with E-state index in [9.17, 15) is 9.59 Å². The number of thioether (sulfide) groups is 1. The maximum atomic E-state index is 12.9. The number of carbonyl (C=O) groups is 2. The number of para-hydroxylation sites is 1. The maximum absolute atomic E-state index is 12.9. The molecule has 1 N–H and O–H groups in total. The van der Waals surface area contributed by atoms with E-state index >= 15 is 0 Å². The molecule has 0 bridgehead atoms. The molecule has 168 valence electrons. The van der Waals surface area contributed by atoms with E-state index in [1.807, 2.05) is 24.3 Å². The van der Waals surface area contributed by atoms with Gasteiger partial charge in [-0.3, -0.25) is 9.69 Å². The molecule has 1 saturated heterocycles. The molecule has 0 spiro atoms. The van der Waals surface area contributed by atoms with Crippen LogP contribution >= 0.6 is 24.0 Å². The Kier molecular flexibility index (Phi) is 8.30. The molecular formula is C24H27N3O3S2. The summed E-state index contributed by atoms with van der Waals surface area (Å²) in [5.74, 6) is -0.567. The Hall–Kier alpha value is -2.84.